The highest BCUT2D eigenvalue weighted by Gasteiger charge is 2.12. The van der Waals surface area contributed by atoms with Gasteiger partial charge in [-0.25, -0.2) is 4.68 Å². The number of aromatic nitrogens is 4. The Hall–Kier alpha value is -3.02. The van der Waals surface area contributed by atoms with E-state index < -0.39 is 0 Å². The van der Waals surface area contributed by atoms with E-state index >= 15 is 0 Å². The Morgan fingerprint density at radius 1 is 1.17 bits per heavy atom. The molecule has 0 aliphatic heterocycles. The molecule has 1 heterocycles. The number of amides is 1. The van der Waals surface area contributed by atoms with Gasteiger partial charge in [0.05, 0.1) is 5.69 Å². The largest absolute Gasteiger partial charge is 0.351 e. The molecule has 3 aromatic rings. The van der Waals surface area contributed by atoms with Gasteiger partial charge < -0.3 is 5.32 Å². The van der Waals surface area contributed by atoms with Gasteiger partial charge in [0.1, 0.15) is 6.33 Å². The van der Waals surface area contributed by atoms with E-state index in [9.17, 15) is 4.79 Å². The molecule has 3 rings (SSSR count). The van der Waals surface area contributed by atoms with Crippen molar-refractivity contribution in [1.29, 1.82) is 0 Å². The summed E-state index contributed by atoms with van der Waals surface area (Å²) in [5.74, 6) is 0.206. The molecule has 0 spiro atoms. The predicted molar refractivity (Wildman–Crippen MR) is 91.0 cm³/mol. The molecule has 0 saturated carbocycles. The van der Waals surface area contributed by atoms with Crippen LogP contribution in [0.25, 0.3) is 5.69 Å². The number of benzene rings is 2. The monoisotopic (exact) mass is 321 g/mol. The van der Waals surface area contributed by atoms with E-state index in [0.717, 1.165) is 12.1 Å². The standard InChI is InChI=1S/C18H19N5O/c1-2-14(15-7-4-3-5-8-15)12-19-18(24)16-9-6-10-17(11-16)23-13-20-21-22-23/h3-11,13-14H,2,12H2,1H3,(H,19,24). The molecule has 1 N–H and O–H groups in total. The molecule has 0 aliphatic carbocycles. The zero-order valence-corrected chi connectivity index (χ0v) is 13.5. The zero-order valence-electron chi connectivity index (χ0n) is 13.5. The first-order valence-electron chi connectivity index (χ1n) is 7.94. The minimum absolute atomic E-state index is 0.0979. The van der Waals surface area contributed by atoms with Crippen LogP contribution in [0.1, 0.15) is 35.2 Å². The van der Waals surface area contributed by atoms with E-state index in [1.807, 2.05) is 30.3 Å². The van der Waals surface area contributed by atoms with Crippen molar-refractivity contribution in [3.8, 4) is 5.69 Å². The van der Waals surface area contributed by atoms with Crippen LogP contribution in [0.5, 0.6) is 0 Å². The van der Waals surface area contributed by atoms with Gasteiger partial charge in [-0.1, -0.05) is 43.3 Å². The van der Waals surface area contributed by atoms with Crippen molar-refractivity contribution >= 4 is 5.91 Å². The van der Waals surface area contributed by atoms with Crippen LogP contribution in [-0.2, 0) is 0 Å². The first-order chi connectivity index (χ1) is 11.8. The quantitative estimate of drug-likeness (QED) is 0.757. The van der Waals surface area contributed by atoms with E-state index in [1.165, 1.54) is 16.6 Å². The van der Waals surface area contributed by atoms with E-state index in [1.54, 1.807) is 12.1 Å². The lowest BCUT2D eigenvalue weighted by Crippen LogP contribution is -2.28. The van der Waals surface area contributed by atoms with Gasteiger partial charge in [0, 0.05) is 18.0 Å². The molecular formula is C18H19N5O. The summed E-state index contributed by atoms with van der Waals surface area (Å²) >= 11 is 0. The Bertz CT molecular complexity index is 786. The number of tetrazole rings is 1. The van der Waals surface area contributed by atoms with Gasteiger partial charge in [0.2, 0.25) is 0 Å². The van der Waals surface area contributed by atoms with Gasteiger partial charge >= 0.3 is 0 Å². The van der Waals surface area contributed by atoms with Gasteiger partial charge in [0.15, 0.2) is 0 Å². The molecule has 0 fully saturated rings. The van der Waals surface area contributed by atoms with Crippen molar-refractivity contribution in [2.24, 2.45) is 0 Å². The van der Waals surface area contributed by atoms with Gasteiger partial charge in [-0.3, -0.25) is 4.79 Å². The Kier molecular flexibility index (Phi) is 4.96. The fourth-order valence-corrected chi connectivity index (χ4v) is 2.61. The average molecular weight is 321 g/mol. The number of rotatable bonds is 6. The molecule has 0 saturated heterocycles. The van der Waals surface area contributed by atoms with E-state index in [4.69, 9.17) is 0 Å². The number of hydrogen-bond donors (Lipinski definition) is 1. The maximum absolute atomic E-state index is 12.4. The SMILES string of the molecule is CCC(CNC(=O)c1cccc(-n2cnnn2)c1)c1ccccc1. The van der Waals surface area contributed by atoms with Crippen LogP contribution in [0.4, 0.5) is 0 Å². The van der Waals surface area contributed by atoms with Crippen molar-refractivity contribution in [1.82, 2.24) is 25.5 Å². The maximum atomic E-state index is 12.4. The fourth-order valence-electron chi connectivity index (χ4n) is 2.61. The normalized spacial score (nSPS) is 11.9. The van der Waals surface area contributed by atoms with E-state index in [2.05, 4.69) is 39.9 Å². The summed E-state index contributed by atoms with van der Waals surface area (Å²) in [4.78, 5) is 12.4. The summed E-state index contributed by atoms with van der Waals surface area (Å²) in [6, 6.07) is 17.5. The second-order valence-electron chi connectivity index (χ2n) is 5.53. The summed E-state index contributed by atoms with van der Waals surface area (Å²) in [6.07, 6.45) is 2.47. The molecule has 1 atom stereocenters. The first-order valence-corrected chi connectivity index (χ1v) is 7.94. The smallest absolute Gasteiger partial charge is 0.251 e. The van der Waals surface area contributed by atoms with Gasteiger partial charge in [0.25, 0.3) is 5.91 Å². The van der Waals surface area contributed by atoms with E-state index in [0.29, 0.717) is 18.0 Å². The summed E-state index contributed by atoms with van der Waals surface area (Å²) < 4.78 is 1.52. The Labute approximate surface area is 140 Å². The molecule has 6 nitrogen and oxygen atoms in total. The predicted octanol–water partition coefficient (Wildman–Crippen LogP) is 2.59. The second kappa shape index (κ2) is 7.50. The summed E-state index contributed by atoms with van der Waals surface area (Å²) in [7, 11) is 0. The molecule has 24 heavy (non-hydrogen) atoms. The van der Waals surface area contributed by atoms with Crippen LogP contribution < -0.4 is 5.32 Å². The molecule has 1 amide bonds. The molecule has 1 aromatic heterocycles. The van der Waals surface area contributed by atoms with E-state index in [-0.39, 0.29) is 5.91 Å². The van der Waals surface area contributed by atoms with Gasteiger partial charge in [-0.2, -0.15) is 0 Å². The Morgan fingerprint density at radius 3 is 2.71 bits per heavy atom. The Morgan fingerprint density at radius 2 is 2.00 bits per heavy atom. The highest BCUT2D eigenvalue weighted by atomic mass is 16.1. The highest BCUT2D eigenvalue weighted by molar-refractivity contribution is 5.94. The first kappa shape index (κ1) is 15.9. The van der Waals surface area contributed by atoms with Crippen LogP contribution in [0, 0.1) is 0 Å². The molecule has 122 valence electrons. The van der Waals surface area contributed by atoms with Crippen LogP contribution in [-0.4, -0.2) is 32.7 Å². The lowest BCUT2D eigenvalue weighted by atomic mass is 9.96. The summed E-state index contributed by atoms with van der Waals surface area (Å²) in [5.41, 5.74) is 2.58. The lowest BCUT2D eigenvalue weighted by Gasteiger charge is -2.16. The topological polar surface area (TPSA) is 72.7 Å². The van der Waals surface area contributed by atoms with Crippen LogP contribution in [0.2, 0.25) is 0 Å². The number of nitrogens with zero attached hydrogens (tertiary/aromatic N) is 4. The third-order valence-electron chi connectivity index (χ3n) is 3.99. The van der Waals surface area contributed by atoms with Crippen molar-refractivity contribution in [3.63, 3.8) is 0 Å². The second-order valence-corrected chi connectivity index (χ2v) is 5.53. The molecule has 2 aromatic carbocycles. The molecule has 0 radical (unpaired) electrons. The van der Waals surface area contributed by atoms with Crippen LogP contribution >= 0.6 is 0 Å². The number of nitrogens with one attached hydrogen (secondary N) is 1. The number of carbonyl (C=O) groups is 1. The third-order valence-corrected chi connectivity index (χ3v) is 3.99. The highest BCUT2D eigenvalue weighted by Crippen LogP contribution is 2.18. The van der Waals surface area contributed by atoms with Crippen molar-refractivity contribution in [2.75, 3.05) is 6.54 Å². The molecule has 1 unspecified atom stereocenters. The molecule has 0 bridgehead atoms. The number of carbonyl (C=O) groups excluding carboxylic acids is 1. The minimum atomic E-state index is -0.0979. The Balaban J connectivity index is 1.68. The third kappa shape index (κ3) is 3.65. The van der Waals surface area contributed by atoms with Crippen molar-refractivity contribution in [3.05, 3.63) is 72.1 Å². The van der Waals surface area contributed by atoms with Crippen molar-refractivity contribution in [2.45, 2.75) is 19.3 Å². The van der Waals surface area contributed by atoms with Crippen molar-refractivity contribution < 1.29 is 4.79 Å². The van der Waals surface area contributed by atoms with Crippen LogP contribution in [0.15, 0.2) is 60.9 Å². The van der Waals surface area contributed by atoms with Gasteiger partial charge in [-0.05, 0) is 40.6 Å². The van der Waals surface area contributed by atoms with Gasteiger partial charge in [-0.15, -0.1) is 5.10 Å². The average Bonchev–Trinajstić information content (AvgIpc) is 3.18. The number of hydrogen-bond acceptors (Lipinski definition) is 4. The zero-order chi connectivity index (χ0) is 16.8. The molecule has 6 heteroatoms. The van der Waals surface area contributed by atoms with Crippen LogP contribution in [0.3, 0.4) is 0 Å². The summed E-state index contributed by atoms with van der Waals surface area (Å²) in [6.45, 7) is 2.73. The molecular weight excluding hydrogens is 302 g/mol. The summed E-state index contributed by atoms with van der Waals surface area (Å²) in [5, 5.41) is 14.1. The molecule has 0 aliphatic rings. The maximum Gasteiger partial charge on any atom is 0.251 e. The lowest BCUT2D eigenvalue weighted by molar-refractivity contribution is 0.0951. The minimum Gasteiger partial charge on any atom is -0.351 e. The fraction of sp³-hybridized carbons (Fsp3) is 0.222.